The molecule has 4 rings (SSSR count). The van der Waals surface area contributed by atoms with Gasteiger partial charge in [0.2, 0.25) is 10.0 Å². The highest BCUT2D eigenvalue weighted by molar-refractivity contribution is 7.89. The molecule has 29 heavy (non-hydrogen) atoms. The van der Waals surface area contributed by atoms with Gasteiger partial charge in [0.05, 0.1) is 4.90 Å². The Morgan fingerprint density at radius 2 is 1.66 bits per heavy atom. The summed E-state index contributed by atoms with van der Waals surface area (Å²) in [4.78, 5) is 6.76. The van der Waals surface area contributed by atoms with Crippen LogP contribution in [0.4, 0.5) is 5.13 Å². The summed E-state index contributed by atoms with van der Waals surface area (Å²) >= 11 is 13.7. The zero-order chi connectivity index (χ0) is 20.4. The van der Waals surface area contributed by atoms with Crippen LogP contribution in [0.15, 0.2) is 58.9 Å². The smallest absolute Gasteiger partial charge is 0.240 e. The molecule has 0 saturated carbocycles. The van der Waals surface area contributed by atoms with Crippen LogP contribution in [-0.4, -0.2) is 32.5 Å². The van der Waals surface area contributed by atoms with Gasteiger partial charge in [-0.2, -0.15) is 0 Å². The van der Waals surface area contributed by atoms with Crippen LogP contribution in [0, 0.1) is 0 Å². The van der Waals surface area contributed by atoms with E-state index in [1.165, 1.54) is 0 Å². The SMILES string of the molecule is O=S(=O)(NC1CCN(c2nccs2)CC1)c1ccc(-c2cc(Cl)cc(Cl)c2)cc1. The number of benzene rings is 2. The average molecular weight is 468 g/mol. The molecule has 1 aliphatic heterocycles. The number of aromatic nitrogens is 1. The zero-order valence-corrected chi connectivity index (χ0v) is 18.5. The van der Waals surface area contributed by atoms with Crippen molar-refractivity contribution in [1.82, 2.24) is 9.71 Å². The van der Waals surface area contributed by atoms with Crippen LogP contribution in [-0.2, 0) is 10.0 Å². The minimum atomic E-state index is -3.58. The Labute approximate surface area is 184 Å². The third kappa shape index (κ3) is 4.92. The highest BCUT2D eigenvalue weighted by Crippen LogP contribution is 2.28. The van der Waals surface area contributed by atoms with Gasteiger partial charge in [0.15, 0.2) is 5.13 Å². The summed E-state index contributed by atoms with van der Waals surface area (Å²) < 4.78 is 28.4. The number of piperidine rings is 1. The second kappa shape index (κ2) is 8.62. The number of halogens is 2. The first-order valence-electron chi connectivity index (χ1n) is 9.14. The zero-order valence-electron chi connectivity index (χ0n) is 15.4. The molecule has 3 aromatic rings. The Hall–Kier alpha value is -1.64. The van der Waals surface area contributed by atoms with Crippen LogP contribution in [0.25, 0.3) is 11.1 Å². The van der Waals surface area contributed by atoms with Crippen molar-refractivity contribution < 1.29 is 8.42 Å². The molecule has 2 heterocycles. The minimum Gasteiger partial charge on any atom is -0.348 e. The molecule has 1 aliphatic rings. The quantitative estimate of drug-likeness (QED) is 0.569. The maximum Gasteiger partial charge on any atom is 0.240 e. The van der Waals surface area contributed by atoms with E-state index in [9.17, 15) is 8.42 Å². The fraction of sp³-hybridized carbons (Fsp3) is 0.250. The van der Waals surface area contributed by atoms with Gasteiger partial charge in [0.25, 0.3) is 0 Å². The number of thiazole rings is 1. The molecule has 0 amide bonds. The van der Waals surface area contributed by atoms with Crippen molar-refractivity contribution in [1.29, 1.82) is 0 Å². The van der Waals surface area contributed by atoms with Crippen LogP contribution < -0.4 is 9.62 Å². The molecule has 0 aliphatic carbocycles. The van der Waals surface area contributed by atoms with E-state index in [4.69, 9.17) is 23.2 Å². The van der Waals surface area contributed by atoms with Crippen molar-refractivity contribution >= 4 is 49.7 Å². The number of nitrogens with zero attached hydrogens (tertiary/aromatic N) is 2. The van der Waals surface area contributed by atoms with Crippen molar-refractivity contribution in [3.63, 3.8) is 0 Å². The van der Waals surface area contributed by atoms with Gasteiger partial charge in [-0.25, -0.2) is 18.1 Å². The highest BCUT2D eigenvalue weighted by atomic mass is 35.5. The molecule has 152 valence electrons. The van der Waals surface area contributed by atoms with Gasteiger partial charge < -0.3 is 4.90 Å². The molecular formula is C20H19Cl2N3O2S2. The van der Waals surface area contributed by atoms with E-state index < -0.39 is 10.0 Å². The molecule has 1 aromatic heterocycles. The molecule has 0 spiro atoms. The third-order valence-electron chi connectivity index (χ3n) is 4.87. The second-order valence-electron chi connectivity index (χ2n) is 6.88. The van der Waals surface area contributed by atoms with Crippen molar-refractivity contribution in [2.45, 2.75) is 23.8 Å². The molecular weight excluding hydrogens is 449 g/mol. The summed E-state index contributed by atoms with van der Waals surface area (Å²) in [7, 11) is -3.58. The number of anilines is 1. The van der Waals surface area contributed by atoms with Gasteiger partial charge in [-0.05, 0) is 54.3 Å². The minimum absolute atomic E-state index is 0.0809. The first-order chi connectivity index (χ1) is 13.9. The van der Waals surface area contributed by atoms with Crippen molar-refractivity contribution in [3.8, 4) is 11.1 Å². The Morgan fingerprint density at radius 1 is 1.00 bits per heavy atom. The van der Waals surface area contributed by atoms with E-state index in [1.807, 2.05) is 5.38 Å². The second-order valence-corrected chi connectivity index (χ2v) is 10.3. The van der Waals surface area contributed by atoms with Crippen molar-refractivity contribution in [2.24, 2.45) is 0 Å². The number of sulfonamides is 1. The predicted molar refractivity (Wildman–Crippen MR) is 120 cm³/mol. The van der Waals surface area contributed by atoms with Gasteiger partial charge in [0, 0.05) is 40.8 Å². The van der Waals surface area contributed by atoms with Gasteiger partial charge >= 0.3 is 0 Å². The highest BCUT2D eigenvalue weighted by Gasteiger charge is 2.25. The first-order valence-corrected chi connectivity index (χ1v) is 12.3. The Bertz CT molecular complexity index is 1060. The summed E-state index contributed by atoms with van der Waals surface area (Å²) in [6.07, 6.45) is 3.28. The topological polar surface area (TPSA) is 62.3 Å². The van der Waals surface area contributed by atoms with Crippen LogP contribution in [0.5, 0.6) is 0 Å². The number of hydrogen-bond acceptors (Lipinski definition) is 5. The standard InChI is InChI=1S/C20H19Cl2N3O2S2/c21-16-11-15(12-17(22)13-16)14-1-3-19(4-2-14)29(26,27)24-18-5-8-25(9-6-18)20-23-7-10-28-20/h1-4,7,10-13,18,24H,5-6,8-9H2. The van der Waals surface area contributed by atoms with Crippen LogP contribution in [0.1, 0.15) is 12.8 Å². The largest absolute Gasteiger partial charge is 0.348 e. The monoisotopic (exact) mass is 467 g/mol. The Morgan fingerprint density at radius 3 is 2.24 bits per heavy atom. The van der Waals surface area contributed by atoms with Gasteiger partial charge in [-0.3, -0.25) is 0 Å². The summed E-state index contributed by atoms with van der Waals surface area (Å²) in [5, 5.41) is 4.01. The first kappa shape index (κ1) is 20.6. The lowest BCUT2D eigenvalue weighted by molar-refractivity contribution is 0.460. The maximum atomic E-state index is 12.8. The lowest BCUT2D eigenvalue weighted by Gasteiger charge is -2.31. The van der Waals surface area contributed by atoms with Gasteiger partial charge in [-0.1, -0.05) is 35.3 Å². The summed E-state index contributed by atoms with van der Waals surface area (Å²) in [6.45, 7) is 1.57. The fourth-order valence-electron chi connectivity index (χ4n) is 3.40. The molecule has 0 bridgehead atoms. The third-order valence-corrected chi connectivity index (χ3v) is 7.67. The number of hydrogen-bond donors (Lipinski definition) is 1. The fourth-order valence-corrected chi connectivity index (χ4v) is 5.92. The van der Waals surface area contributed by atoms with E-state index in [-0.39, 0.29) is 10.9 Å². The van der Waals surface area contributed by atoms with E-state index in [0.29, 0.717) is 10.0 Å². The molecule has 9 heteroatoms. The maximum absolute atomic E-state index is 12.8. The van der Waals surface area contributed by atoms with Crippen LogP contribution in [0.2, 0.25) is 10.0 Å². The molecule has 2 aromatic carbocycles. The molecule has 1 fully saturated rings. The molecule has 0 atom stereocenters. The number of nitrogens with one attached hydrogen (secondary N) is 1. The normalized spacial score (nSPS) is 15.6. The molecule has 1 N–H and O–H groups in total. The van der Waals surface area contributed by atoms with Crippen LogP contribution >= 0.6 is 34.5 Å². The molecule has 0 unspecified atom stereocenters. The van der Waals surface area contributed by atoms with Crippen molar-refractivity contribution in [3.05, 3.63) is 64.1 Å². The molecule has 0 radical (unpaired) electrons. The lowest BCUT2D eigenvalue weighted by atomic mass is 10.1. The Kier molecular flexibility index (Phi) is 6.13. The van der Waals surface area contributed by atoms with E-state index in [0.717, 1.165) is 42.2 Å². The van der Waals surface area contributed by atoms with E-state index in [1.54, 1.807) is 60.0 Å². The summed E-state index contributed by atoms with van der Waals surface area (Å²) in [5.41, 5.74) is 1.69. The average Bonchev–Trinajstić information content (AvgIpc) is 3.22. The molecule has 5 nitrogen and oxygen atoms in total. The van der Waals surface area contributed by atoms with Gasteiger partial charge in [0.1, 0.15) is 0 Å². The summed E-state index contributed by atoms with van der Waals surface area (Å²) in [5.74, 6) is 0. The van der Waals surface area contributed by atoms with Crippen LogP contribution in [0.3, 0.4) is 0 Å². The van der Waals surface area contributed by atoms with E-state index >= 15 is 0 Å². The summed E-state index contributed by atoms with van der Waals surface area (Å²) in [6, 6.07) is 11.9. The predicted octanol–water partition coefficient (Wildman–Crippen LogP) is 5.06. The Balaban J connectivity index is 1.42. The lowest BCUT2D eigenvalue weighted by Crippen LogP contribution is -2.44. The van der Waals surface area contributed by atoms with Gasteiger partial charge in [-0.15, -0.1) is 11.3 Å². The molecule has 1 saturated heterocycles. The number of rotatable bonds is 5. The van der Waals surface area contributed by atoms with E-state index in [2.05, 4.69) is 14.6 Å². The van der Waals surface area contributed by atoms with Crippen molar-refractivity contribution in [2.75, 3.05) is 18.0 Å².